The first kappa shape index (κ1) is 34.0. The number of hydrogen-bond donors (Lipinski definition) is 2. The average Bonchev–Trinajstić information content (AvgIpc) is 2.95. The molecule has 1 heterocycles. The molecule has 2 N–H and O–H groups in total. The second kappa shape index (κ2) is 14.8. The van der Waals surface area contributed by atoms with Gasteiger partial charge in [0.25, 0.3) is 5.91 Å². The Morgan fingerprint density at radius 2 is 1.60 bits per heavy atom. The summed E-state index contributed by atoms with van der Waals surface area (Å²) in [5.41, 5.74) is 4.47. The van der Waals surface area contributed by atoms with E-state index in [-0.39, 0.29) is 24.0 Å². The summed E-state index contributed by atoms with van der Waals surface area (Å²) >= 11 is 0. The van der Waals surface area contributed by atoms with Gasteiger partial charge in [-0.05, 0) is 64.4 Å². The molecule has 3 rings (SSSR count). The molecule has 0 radical (unpaired) electrons. The van der Waals surface area contributed by atoms with E-state index in [0.29, 0.717) is 48.4 Å². The molecule has 2 aromatic carbocycles. The van der Waals surface area contributed by atoms with Crippen LogP contribution in [-0.2, 0) is 4.79 Å². The SMILES string of the molecule is CC(C)CC(Oc1cccc(-c2ccc(N3CCN(C(=O)O)C([Si](C(C)C)(C(C)C)C(C)C)C3)cc2)c1)C(=O)NCC#N. The topological polar surface area (TPSA) is 106 Å². The Balaban J connectivity index is 1.85. The summed E-state index contributed by atoms with van der Waals surface area (Å²) in [7, 11) is -2.09. The van der Waals surface area contributed by atoms with Crippen LogP contribution in [0.3, 0.4) is 0 Å². The second-order valence-corrected chi connectivity index (χ2v) is 19.2. The summed E-state index contributed by atoms with van der Waals surface area (Å²) in [6.07, 6.45) is -0.943. The van der Waals surface area contributed by atoms with Gasteiger partial charge in [0.05, 0.1) is 14.1 Å². The summed E-state index contributed by atoms with van der Waals surface area (Å²) in [6, 6.07) is 18.1. The van der Waals surface area contributed by atoms with E-state index in [4.69, 9.17) is 10.00 Å². The van der Waals surface area contributed by atoms with Crippen molar-refractivity contribution in [1.82, 2.24) is 10.2 Å². The third-order valence-electron chi connectivity index (χ3n) is 9.20. The van der Waals surface area contributed by atoms with E-state index >= 15 is 0 Å². The Kier molecular flexibility index (Phi) is 11.7. The van der Waals surface area contributed by atoms with Crippen LogP contribution in [0.2, 0.25) is 16.6 Å². The van der Waals surface area contributed by atoms with Crippen molar-refractivity contribution in [2.75, 3.05) is 31.1 Å². The van der Waals surface area contributed by atoms with E-state index in [1.54, 1.807) is 4.90 Å². The van der Waals surface area contributed by atoms with E-state index in [1.165, 1.54) is 0 Å². The molecule has 0 saturated carbocycles. The zero-order valence-corrected chi connectivity index (χ0v) is 28.1. The fraction of sp³-hybridized carbons (Fsp3) is 0.559. The van der Waals surface area contributed by atoms with Crippen molar-refractivity contribution in [1.29, 1.82) is 5.26 Å². The van der Waals surface area contributed by atoms with Crippen LogP contribution in [0.1, 0.15) is 61.8 Å². The molecule has 0 aliphatic carbocycles. The average molecular weight is 607 g/mol. The number of carbonyl (C=O) groups excluding carboxylic acids is 1. The third-order valence-corrected chi connectivity index (χ3v) is 16.8. The number of hydrogen-bond acceptors (Lipinski definition) is 5. The highest BCUT2D eigenvalue weighted by Crippen LogP contribution is 2.46. The molecule has 9 heteroatoms. The zero-order valence-electron chi connectivity index (χ0n) is 27.1. The van der Waals surface area contributed by atoms with Gasteiger partial charge in [-0.15, -0.1) is 0 Å². The van der Waals surface area contributed by atoms with Gasteiger partial charge in [-0.1, -0.05) is 79.7 Å². The van der Waals surface area contributed by atoms with Crippen molar-refractivity contribution < 1.29 is 19.4 Å². The van der Waals surface area contributed by atoms with Crippen molar-refractivity contribution in [2.24, 2.45) is 5.92 Å². The van der Waals surface area contributed by atoms with Crippen molar-refractivity contribution in [3.63, 3.8) is 0 Å². The summed E-state index contributed by atoms with van der Waals surface area (Å²) in [4.78, 5) is 29.2. The minimum atomic E-state index is -2.09. The van der Waals surface area contributed by atoms with Gasteiger partial charge in [-0.2, -0.15) is 5.26 Å². The maximum absolute atomic E-state index is 12.6. The standard InChI is InChI=1S/C34H50N4O4Si/c1-23(2)20-31(33(39)36-17-16-35)42-30-11-9-10-28(21-30)27-12-14-29(15-13-27)37-18-19-38(34(40)41)32(22-37)43(24(3)4,25(5)6)26(7)8/h9-15,21,23-26,31-32H,17-20,22H2,1-8H3,(H,36,39)(H,40,41). The minimum Gasteiger partial charge on any atom is -0.481 e. The quantitative estimate of drug-likeness (QED) is 0.196. The van der Waals surface area contributed by atoms with Crippen molar-refractivity contribution in [3.05, 3.63) is 48.5 Å². The maximum Gasteiger partial charge on any atom is 0.407 e. The lowest BCUT2D eigenvalue weighted by molar-refractivity contribution is -0.128. The van der Waals surface area contributed by atoms with E-state index in [9.17, 15) is 14.7 Å². The predicted molar refractivity (Wildman–Crippen MR) is 176 cm³/mol. The summed E-state index contributed by atoms with van der Waals surface area (Å²) < 4.78 is 6.12. The van der Waals surface area contributed by atoms with E-state index < -0.39 is 20.3 Å². The first-order chi connectivity index (χ1) is 20.3. The first-order valence-corrected chi connectivity index (χ1v) is 17.9. The van der Waals surface area contributed by atoms with Gasteiger partial charge in [0.15, 0.2) is 6.10 Å². The summed E-state index contributed by atoms with van der Waals surface area (Å²) in [5.74, 6) is 0.565. The molecule has 43 heavy (non-hydrogen) atoms. The normalized spacial score (nSPS) is 16.5. The van der Waals surface area contributed by atoms with Crippen molar-refractivity contribution in [2.45, 2.75) is 90.2 Å². The van der Waals surface area contributed by atoms with Crippen LogP contribution >= 0.6 is 0 Å². The molecule has 0 spiro atoms. The molecule has 0 aromatic heterocycles. The number of rotatable bonds is 12. The van der Waals surface area contributed by atoms with Crippen LogP contribution in [0.25, 0.3) is 11.1 Å². The molecule has 2 aromatic rings. The molecule has 1 aliphatic rings. The molecule has 1 saturated heterocycles. The molecule has 234 valence electrons. The van der Waals surface area contributed by atoms with Crippen LogP contribution in [0.15, 0.2) is 48.5 Å². The highest BCUT2D eigenvalue weighted by Gasteiger charge is 2.53. The van der Waals surface area contributed by atoms with Gasteiger partial charge < -0.3 is 25.0 Å². The Bertz CT molecular complexity index is 1250. The molecular formula is C34H50N4O4Si. The maximum atomic E-state index is 12.6. The van der Waals surface area contributed by atoms with Gasteiger partial charge in [-0.25, -0.2) is 4.79 Å². The van der Waals surface area contributed by atoms with Crippen LogP contribution in [0, 0.1) is 17.2 Å². The Hall–Kier alpha value is -3.51. The van der Waals surface area contributed by atoms with Crippen LogP contribution in [0.5, 0.6) is 5.75 Å². The third kappa shape index (κ3) is 7.72. The number of ether oxygens (including phenoxy) is 1. The van der Waals surface area contributed by atoms with E-state index in [2.05, 4.69) is 76.0 Å². The lowest BCUT2D eigenvalue weighted by atomic mass is 10.0. The number of piperazine rings is 1. The first-order valence-electron chi connectivity index (χ1n) is 15.6. The number of benzene rings is 2. The predicted octanol–water partition coefficient (Wildman–Crippen LogP) is 7.17. The van der Waals surface area contributed by atoms with Crippen LogP contribution < -0.4 is 15.0 Å². The number of nitrogens with zero attached hydrogens (tertiary/aromatic N) is 3. The zero-order chi connectivity index (χ0) is 31.9. The monoisotopic (exact) mass is 606 g/mol. The molecule has 2 unspecified atom stereocenters. The van der Waals surface area contributed by atoms with E-state index in [0.717, 1.165) is 16.8 Å². The Morgan fingerprint density at radius 3 is 2.14 bits per heavy atom. The number of amides is 2. The molecule has 1 aliphatic heterocycles. The number of anilines is 1. The highest BCUT2D eigenvalue weighted by atomic mass is 28.3. The lowest BCUT2D eigenvalue weighted by Gasteiger charge is -2.55. The molecule has 0 bridgehead atoms. The lowest BCUT2D eigenvalue weighted by Crippen LogP contribution is -2.69. The number of carboxylic acid groups (broad SMARTS) is 1. The molecule has 8 nitrogen and oxygen atoms in total. The minimum absolute atomic E-state index is 0.0106. The number of nitrogens with one attached hydrogen (secondary N) is 1. The van der Waals surface area contributed by atoms with Crippen molar-refractivity contribution >= 4 is 25.8 Å². The van der Waals surface area contributed by atoms with Crippen LogP contribution in [-0.4, -0.2) is 68.0 Å². The van der Waals surface area contributed by atoms with Crippen LogP contribution in [0.4, 0.5) is 10.5 Å². The summed E-state index contributed by atoms with van der Waals surface area (Å²) in [5, 5.41) is 21.7. The molecule has 2 amide bonds. The second-order valence-electron chi connectivity index (χ2n) is 13.1. The highest BCUT2D eigenvalue weighted by molar-refractivity contribution is 6.85. The molecular weight excluding hydrogens is 556 g/mol. The van der Waals surface area contributed by atoms with Gasteiger partial charge in [0, 0.05) is 31.0 Å². The molecule has 2 atom stereocenters. The van der Waals surface area contributed by atoms with Gasteiger partial charge in [0.2, 0.25) is 0 Å². The van der Waals surface area contributed by atoms with Crippen molar-refractivity contribution in [3.8, 4) is 22.9 Å². The van der Waals surface area contributed by atoms with E-state index in [1.807, 2.05) is 44.2 Å². The fourth-order valence-corrected chi connectivity index (χ4v) is 15.1. The summed E-state index contributed by atoms with van der Waals surface area (Å²) in [6.45, 7) is 19.6. The van der Waals surface area contributed by atoms with Gasteiger partial charge in [-0.3, -0.25) is 4.79 Å². The van der Waals surface area contributed by atoms with Gasteiger partial charge >= 0.3 is 6.09 Å². The Morgan fingerprint density at radius 1 is 0.977 bits per heavy atom. The number of nitriles is 1. The molecule has 1 fully saturated rings. The fourth-order valence-electron chi connectivity index (χ4n) is 7.48. The number of carbonyl (C=O) groups is 2. The van der Waals surface area contributed by atoms with Gasteiger partial charge in [0.1, 0.15) is 12.3 Å². The largest absolute Gasteiger partial charge is 0.481 e. The smallest absolute Gasteiger partial charge is 0.407 e. The Labute approximate surface area is 259 Å².